The molecule has 0 bridgehead atoms. The van der Waals surface area contributed by atoms with E-state index >= 15 is 0 Å². The molecule has 1 aliphatic heterocycles. The van der Waals surface area contributed by atoms with Gasteiger partial charge in [-0.2, -0.15) is 0 Å². The van der Waals surface area contributed by atoms with Crippen molar-refractivity contribution in [3.63, 3.8) is 0 Å². The van der Waals surface area contributed by atoms with Crippen LogP contribution in [0.15, 0.2) is 24.5 Å². The highest BCUT2D eigenvalue weighted by molar-refractivity contribution is 5.84. The van der Waals surface area contributed by atoms with Crippen LogP contribution in [0, 0.1) is 0 Å². The van der Waals surface area contributed by atoms with Crippen LogP contribution in [0.3, 0.4) is 0 Å². The minimum absolute atomic E-state index is 0.128. The van der Waals surface area contributed by atoms with E-state index in [1.54, 1.807) is 12.4 Å². The molecule has 1 unspecified atom stereocenters. The van der Waals surface area contributed by atoms with Crippen molar-refractivity contribution in [3.05, 3.63) is 24.5 Å². The summed E-state index contributed by atoms with van der Waals surface area (Å²) < 4.78 is 0. The van der Waals surface area contributed by atoms with Crippen LogP contribution in [-0.2, 0) is 4.79 Å². The number of hydrogen-bond acceptors (Lipinski definition) is 5. The zero-order valence-electron chi connectivity index (χ0n) is 11.4. The first-order chi connectivity index (χ1) is 9.74. The Hall–Kier alpha value is -2.24. The summed E-state index contributed by atoms with van der Waals surface area (Å²) in [5, 5.41) is 3.14. The Morgan fingerprint density at radius 3 is 2.80 bits per heavy atom. The molecule has 104 valence electrons. The normalized spacial score (nSPS) is 16.4. The monoisotopic (exact) mass is 271 g/mol. The van der Waals surface area contributed by atoms with Gasteiger partial charge in [-0.3, -0.25) is 9.78 Å². The van der Waals surface area contributed by atoms with Crippen LogP contribution in [0.1, 0.15) is 19.8 Å². The molecule has 0 aromatic carbocycles. The number of anilines is 1. The predicted octanol–water partition coefficient (Wildman–Crippen LogP) is 1.45. The highest BCUT2D eigenvalue weighted by Gasteiger charge is 2.23. The van der Waals surface area contributed by atoms with Crippen molar-refractivity contribution in [3.8, 4) is 0 Å². The van der Waals surface area contributed by atoms with E-state index in [2.05, 4.69) is 20.3 Å². The highest BCUT2D eigenvalue weighted by atomic mass is 16.2. The summed E-state index contributed by atoms with van der Waals surface area (Å²) in [5.41, 5.74) is 1.33. The third-order valence-electron chi connectivity index (χ3n) is 3.48. The van der Waals surface area contributed by atoms with Crippen molar-refractivity contribution < 1.29 is 4.79 Å². The maximum atomic E-state index is 12.2. The number of pyridine rings is 1. The lowest BCUT2D eigenvalue weighted by atomic mass is 10.3. The molecule has 1 saturated heterocycles. The molecule has 0 radical (unpaired) electrons. The lowest BCUT2D eigenvalue weighted by Gasteiger charge is -2.21. The van der Waals surface area contributed by atoms with Crippen molar-refractivity contribution in [1.82, 2.24) is 19.9 Å². The van der Waals surface area contributed by atoms with Crippen LogP contribution in [-0.4, -0.2) is 44.9 Å². The van der Waals surface area contributed by atoms with Gasteiger partial charge in [0.2, 0.25) is 5.91 Å². The number of aromatic nitrogens is 3. The number of nitrogens with zero attached hydrogens (tertiary/aromatic N) is 4. The second-order valence-corrected chi connectivity index (χ2v) is 4.99. The smallest absolute Gasteiger partial charge is 0.244 e. The van der Waals surface area contributed by atoms with E-state index in [0.717, 1.165) is 31.4 Å². The summed E-state index contributed by atoms with van der Waals surface area (Å²) in [6.45, 7) is 3.59. The molecule has 2 aromatic rings. The van der Waals surface area contributed by atoms with Crippen LogP contribution >= 0.6 is 0 Å². The fraction of sp³-hybridized carbons (Fsp3) is 0.429. The number of amides is 1. The Kier molecular flexibility index (Phi) is 3.45. The lowest BCUT2D eigenvalue weighted by Crippen LogP contribution is -2.39. The first kappa shape index (κ1) is 12.8. The van der Waals surface area contributed by atoms with Gasteiger partial charge in [-0.05, 0) is 31.9 Å². The highest BCUT2D eigenvalue weighted by Crippen LogP contribution is 2.14. The van der Waals surface area contributed by atoms with Gasteiger partial charge in [0, 0.05) is 25.5 Å². The summed E-state index contributed by atoms with van der Waals surface area (Å²) in [5.74, 6) is 0.779. The van der Waals surface area contributed by atoms with Gasteiger partial charge in [0.1, 0.15) is 17.4 Å². The van der Waals surface area contributed by atoms with Gasteiger partial charge >= 0.3 is 0 Å². The van der Waals surface area contributed by atoms with Gasteiger partial charge in [0.15, 0.2) is 5.65 Å². The molecule has 6 nitrogen and oxygen atoms in total. The maximum Gasteiger partial charge on any atom is 0.244 e. The first-order valence-electron chi connectivity index (χ1n) is 6.87. The van der Waals surface area contributed by atoms with E-state index < -0.39 is 0 Å². The van der Waals surface area contributed by atoms with Gasteiger partial charge in [-0.15, -0.1) is 0 Å². The Balaban J connectivity index is 1.73. The van der Waals surface area contributed by atoms with E-state index in [4.69, 9.17) is 0 Å². The van der Waals surface area contributed by atoms with Gasteiger partial charge in [-0.1, -0.05) is 0 Å². The predicted molar refractivity (Wildman–Crippen MR) is 76.2 cm³/mol. The Morgan fingerprint density at radius 2 is 2.00 bits per heavy atom. The van der Waals surface area contributed by atoms with Crippen LogP contribution in [0.2, 0.25) is 0 Å². The zero-order chi connectivity index (χ0) is 13.9. The average Bonchev–Trinajstić information content (AvgIpc) is 3.00. The molecule has 1 atom stereocenters. The number of nitrogens with one attached hydrogen (secondary N) is 1. The second-order valence-electron chi connectivity index (χ2n) is 4.99. The molecular weight excluding hydrogens is 254 g/mol. The molecule has 1 amide bonds. The third-order valence-corrected chi connectivity index (χ3v) is 3.48. The van der Waals surface area contributed by atoms with Crippen molar-refractivity contribution >= 4 is 22.9 Å². The standard InChI is InChI=1S/C14H17N5O/c1-10(14(20)19-8-2-3-9-19)17-12-5-4-11-13(18-12)16-7-6-15-11/h4-7,10H,2-3,8-9H2,1H3,(H,16,17,18). The van der Waals surface area contributed by atoms with Crippen molar-refractivity contribution in [2.24, 2.45) is 0 Å². The van der Waals surface area contributed by atoms with E-state index in [1.807, 2.05) is 24.0 Å². The molecule has 20 heavy (non-hydrogen) atoms. The number of likely N-dealkylation sites (tertiary alicyclic amines) is 1. The summed E-state index contributed by atoms with van der Waals surface area (Å²) in [7, 11) is 0. The van der Waals surface area contributed by atoms with Crippen LogP contribution < -0.4 is 5.32 Å². The van der Waals surface area contributed by atoms with E-state index in [0.29, 0.717) is 11.5 Å². The first-order valence-corrected chi connectivity index (χ1v) is 6.87. The van der Waals surface area contributed by atoms with Gasteiger partial charge < -0.3 is 10.2 Å². The van der Waals surface area contributed by atoms with Crippen molar-refractivity contribution in [2.75, 3.05) is 18.4 Å². The SMILES string of the molecule is CC(Nc1ccc2nccnc2n1)C(=O)N1CCCC1. The molecule has 0 saturated carbocycles. The lowest BCUT2D eigenvalue weighted by molar-refractivity contribution is -0.130. The van der Waals surface area contributed by atoms with Crippen molar-refractivity contribution in [2.45, 2.75) is 25.8 Å². The summed E-state index contributed by atoms with van der Waals surface area (Å²) >= 11 is 0. The van der Waals surface area contributed by atoms with Crippen LogP contribution in [0.5, 0.6) is 0 Å². The van der Waals surface area contributed by atoms with Gasteiger partial charge in [-0.25, -0.2) is 9.97 Å². The van der Waals surface area contributed by atoms with Gasteiger partial charge in [0.25, 0.3) is 0 Å². The van der Waals surface area contributed by atoms with Crippen LogP contribution in [0.4, 0.5) is 5.82 Å². The minimum Gasteiger partial charge on any atom is -0.359 e. The molecule has 1 fully saturated rings. The van der Waals surface area contributed by atoms with E-state index in [1.165, 1.54) is 0 Å². The summed E-state index contributed by atoms with van der Waals surface area (Å²) in [6, 6.07) is 3.39. The average molecular weight is 271 g/mol. The fourth-order valence-electron chi connectivity index (χ4n) is 2.43. The number of rotatable bonds is 3. The topological polar surface area (TPSA) is 71.0 Å². The van der Waals surface area contributed by atoms with Gasteiger partial charge in [0.05, 0.1) is 0 Å². The molecule has 1 aliphatic rings. The fourth-order valence-corrected chi connectivity index (χ4v) is 2.43. The second kappa shape index (κ2) is 5.40. The Bertz CT molecular complexity index is 624. The molecule has 0 aliphatic carbocycles. The number of carbonyl (C=O) groups excluding carboxylic acids is 1. The van der Waals surface area contributed by atoms with Crippen LogP contribution in [0.25, 0.3) is 11.2 Å². The van der Waals surface area contributed by atoms with E-state index in [-0.39, 0.29) is 11.9 Å². The summed E-state index contributed by atoms with van der Waals surface area (Å²) in [4.78, 5) is 26.8. The molecule has 3 heterocycles. The van der Waals surface area contributed by atoms with Crippen molar-refractivity contribution in [1.29, 1.82) is 0 Å². The Labute approximate surface area is 117 Å². The molecule has 1 N–H and O–H groups in total. The number of carbonyl (C=O) groups is 1. The minimum atomic E-state index is -0.283. The molecule has 2 aromatic heterocycles. The molecule has 0 spiro atoms. The zero-order valence-corrected chi connectivity index (χ0v) is 11.4. The van der Waals surface area contributed by atoms with E-state index in [9.17, 15) is 4.79 Å². The maximum absolute atomic E-state index is 12.2. The quantitative estimate of drug-likeness (QED) is 0.914. The Morgan fingerprint density at radius 1 is 1.25 bits per heavy atom. The molecular formula is C14H17N5O. The number of fused-ring (bicyclic) bond motifs is 1. The third kappa shape index (κ3) is 2.54. The largest absolute Gasteiger partial charge is 0.359 e. The number of hydrogen-bond donors (Lipinski definition) is 1. The molecule has 6 heteroatoms. The molecule has 3 rings (SSSR count). The summed E-state index contributed by atoms with van der Waals surface area (Å²) in [6.07, 6.45) is 5.44.